The van der Waals surface area contributed by atoms with Crippen LogP contribution in [-0.2, 0) is 0 Å². The van der Waals surface area contributed by atoms with E-state index in [1.54, 1.807) is 12.3 Å². The summed E-state index contributed by atoms with van der Waals surface area (Å²) < 4.78 is 5.41. The number of hydrogen-bond donors (Lipinski definition) is 1. The highest BCUT2D eigenvalue weighted by Crippen LogP contribution is 2.27. The molecule has 0 aliphatic carbocycles. The summed E-state index contributed by atoms with van der Waals surface area (Å²) in [4.78, 5) is 4.13. The zero-order valence-electron chi connectivity index (χ0n) is 9.71. The number of pyridine rings is 1. The van der Waals surface area contributed by atoms with Gasteiger partial charge in [0.25, 0.3) is 0 Å². The third-order valence-electron chi connectivity index (χ3n) is 2.49. The fourth-order valence-corrected chi connectivity index (χ4v) is 1.68. The van der Waals surface area contributed by atoms with E-state index in [4.69, 9.17) is 4.74 Å². The fourth-order valence-electron chi connectivity index (χ4n) is 1.68. The standard InChI is InChI=1S/C14H15NO2/c1-2-17-14-12(9-6-10-15-14)13(16)11-7-4-3-5-8-11/h3-10,13,16H,2H2,1H3. The van der Waals surface area contributed by atoms with Gasteiger partial charge in [0, 0.05) is 11.8 Å². The highest BCUT2D eigenvalue weighted by atomic mass is 16.5. The average Bonchev–Trinajstić information content (AvgIpc) is 2.40. The summed E-state index contributed by atoms with van der Waals surface area (Å²) in [6.45, 7) is 2.43. The van der Waals surface area contributed by atoms with Gasteiger partial charge in [-0.3, -0.25) is 0 Å². The van der Waals surface area contributed by atoms with Gasteiger partial charge in [0.2, 0.25) is 5.88 Å². The van der Waals surface area contributed by atoms with Gasteiger partial charge in [-0.05, 0) is 24.6 Å². The summed E-state index contributed by atoms with van der Waals surface area (Å²) in [5.41, 5.74) is 1.53. The lowest BCUT2D eigenvalue weighted by atomic mass is 10.0. The average molecular weight is 229 g/mol. The summed E-state index contributed by atoms with van der Waals surface area (Å²) in [6, 6.07) is 13.1. The van der Waals surface area contributed by atoms with E-state index in [9.17, 15) is 5.11 Å². The first-order valence-corrected chi connectivity index (χ1v) is 5.63. The molecule has 0 saturated carbocycles. The number of hydrogen-bond acceptors (Lipinski definition) is 3. The SMILES string of the molecule is CCOc1ncccc1C(O)c1ccccc1. The van der Waals surface area contributed by atoms with Crippen LogP contribution in [0.25, 0.3) is 0 Å². The smallest absolute Gasteiger partial charge is 0.219 e. The minimum atomic E-state index is -0.702. The van der Waals surface area contributed by atoms with Gasteiger partial charge in [-0.1, -0.05) is 30.3 Å². The van der Waals surface area contributed by atoms with Gasteiger partial charge in [-0.2, -0.15) is 0 Å². The van der Waals surface area contributed by atoms with Gasteiger partial charge >= 0.3 is 0 Å². The lowest BCUT2D eigenvalue weighted by Gasteiger charge is -2.14. The van der Waals surface area contributed by atoms with E-state index in [0.717, 1.165) is 5.56 Å². The summed E-state index contributed by atoms with van der Waals surface area (Å²) >= 11 is 0. The predicted octanol–water partition coefficient (Wildman–Crippen LogP) is 2.56. The zero-order valence-corrected chi connectivity index (χ0v) is 9.71. The normalized spacial score (nSPS) is 12.1. The molecule has 0 saturated heterocycles. The monoisotopic (exact) mass is 229 g/mol. The molecule has 0 aliphatic rings. The van der Waals surface area contributed by atoms with Crippen molar-refractivity contribution in [3.05, 3.63) is 59.8 Å². The van der Waals surface area contributed by atoms with Crippen LogP contribution in [0.2, 0.25) is 0 Å². The second kappa shape index (κ2) is 5.46. The van der Waals surface area contributed by atoms with Crippen LogP contribution >= 0.6 is 0 Å². The van der Waals surface area contributed by atoms with Gasteiger partial charge in [-0.25, -0.2) is 4.98 Å². The zero-order chi connectivity index (χ0) is 12.1. The fraction of sp³-hybridized carbons (Fsp3) is 0.214. The Bertz CT molecular complexity index is 471. The van der Waals surface area contributed by atoms with Crippen molar-refractivity contribution in [1.29, 1.82) is 0 Å². The minimum absolute atomic E-state index is 0.492. The highest BCUT2D eigenvalue weighted by molar-refractivity contribution is 5.35. The molecule has 2 aromatic rings. The molecule has 3 heteroatoms. The van der Waals surface area contributed by atoms with Crippen molar-refractivity contribution in [2.75, 3.05) is 6.61 Å². The van der Waals surface area contributed by atoms with E-state index < -0.39 is 6.10 Å². The molecule has 1 N–H and O–H groups in total. The summed E-state index contributed by atoms with van der Waals surface area (Å²) in [7, 11) is 0. The van der Waals surface area contributed by atoms with Crippen LogP contribution in [-0.4, -0.2) is 16.7 Å². The van der Waals surface area contributed by atoms with E-state index in [1.807, 2.05) is 43.3 Å². The number of benzene rings is 1. The maximum Gasteiger partial charge on any atom is 0.219 e. The van der Waals surface area contributed by atoms with Crippen molar-refractivity contribution in [3.8, 4) is 5.88 Å². The van der Waals surface area contributed by atoms with Crippen molar-refractivity contribution in [3.63, 3.8) is 0 Å². The quantitative estimate of drug-likeness (QED) is 0.876. The van der Waals surface area contributed by atoms with Crippen molar-refractivity contribution in [2.24, 2.45) is 0 Å². The van der Waals surface area contributed by atoms with E-state index in [-0.39, 0.29) is 0 Å². The Kier molecular flexibility index (Phi) is 3.73. The number of aromatic nitrogens is 1. The molecule has 0 fully saturated rings. The molecule has 0 bridgehead atoms. The van der Waals surface area contributed by atoms with E-state index >= 15 is 0 Å². The second-order valence-electron chi connectivity index (χ2n) is 3.64. The van der Waals surface area contributed by atoms with Crippen LogP contribution in [0.5, 0.6) is 5.88 Å². The molecule has 88 valence electrons. The molecule has 2 rings (SSSR count). The number of nitrogens with zero attached hydrogens (tertiary/aromatic N) is 1. The topological polar surface area (TPSA) is 42.4 Å². The Morgan fingerprint density at radius 3 is 2.65 bits per heavy atom. The summed E-state index contributed by atoms with van der Waals surface area (Å²) in [5.74, 6) is 0.492. The van der Waals surface area contributed by atoms with Crippen LogP contribution in [0.3, 0.4) is 0 Å². The van der Waals surface area contributed by atoms with Crippen molar-refractivity contribution in [1.82, 2.24) is 4.98 Å². The molecule has 1 unspecified atom stereocenters. The lowest BCUT2D eigenvalue weighted by molar-refractivity contribution is 0.210. The minimum Gasteiger partial charge on any atom is -0.478 e. The van der Waals surface area contributed by atoms with Gasteiger partial charge in [0.15, 0.2) is 0 Å². The van der Waals surface area contributed by atoms with E-state index in [1.165, 1.54) is 0 Å². The largest absolute Gasteiger partial charge is 0.478 e. The molecule has 1 aromatic heterocycles. The molecule has 0 radical (unpaired) electrons. The van der Waals surface area contributed by atoms with Gasteiger partial charge in [0.1, 0.15) is 6.10 Å². The molecule has 0 aliphatic heterocycles. The predicted molar refractivity (Wildman–Crippen MR) is 65.9 cm³/mol. The van der Waals surface area contributed by atoms with Crippen molar-refractivity contribution < 1.29 is 9.84 Å². The Morgan fingerprint density at radius 2 is 1.94 bits per heavy atom. The van der Waals surface area contributed by atoms with Crippen molar-refractivity contribution in [2.45, 2.75) is 13.0 Å². The molecule has 17 heavy (non-hydrogen) atoms. The molecule has 1 atom stereocenters. The number of rotatable bonds is 4. The maximum atomic E-state index is 10.3. The van der Waals surface area contributed by atoms with Gasteiger partial charge < -0.3 is 9.84 Å². The highest BCUT2D eigenvalue weighted by Gasteiger charge is 2.15. The van der Waals surface area contributed by atoms with Gasteiger partial charge in [-0.15, -0.1) is 0 Å². The van der Waals surface area contributed by atoms with Crippen LogP contribution in [0.1, 0.15) is 24.2 Å². The van der Waals surface area contributed by atoms with Crippen LogP contribution in [0.15, 0.2) is 48.7 Å². The molecule has 1 heterocycles. The summed E-state index contributed by atoms with van der Waals surface area (Å²) in [5, 5.41) is 10.3. The Balaban J connectivity index is 2.33. The second-order valence-corrected chi connectivity index (χ2v) is 3.64. The Labute approximate surface area is 101 Å². The summed E-state index contributed by atoms with van der Waals surface area (Å²) in [6.07, 6.45) is 0.957. The lowest BCUT2D eigenvalue weighted by Crippen LogP contribution is -2.05. The number of aliphatic hydroxyl groups excluding tert-OH is 1. The van der Waals surface area contributed by atoms with Crippen LogP contribution in [0.4, 0.5) is 0 Å². The first kappa shape index (κ1) is 11.6. The van der Waals surface area contributed by atoms with Crippen molar-refractivity contribution >= 4 is 0 Å². The molecule has 0 spiro atoms. The van der Waals surface area contributed by atoms with Gasteiger partial charge in [0.05, 0.1) is 6.61 Å². The molecule has 0 amide bonds. The Morgan fingerprint density at radius 1 is 1.18 bits per heavy atom. The molecular formula is C14H15NO2. The van der Waals surface area contributed by atoms with Crippen LogP contribution < -0.4 is 4.74 Å². The third-order valence-corrected chi connectivity index (χ3v) is 2.49. The first-order valence-electron chi connectivity index (χ1n) is 5.63. The maximum absolute atomic E-state index is 10.3. The Hall–Kier alpha value is -1.87. The molecular weight excluding hydrogens is 214 g/mol. The van der Waals surface area contributed by atoms with E-state index in [2.05, 4.69) is 4.98 Å². The van der Waals surface area contributed by atoms with E-state index in [0.29, 0.717) is 18.1 Å². The third kappa shape index (κ3) is 2.63. The molecule has 3 nitrogen and oxygen atoms in total. The first-order chi connectivity index (χ1) is 8.33. The molecule has 1 aromatic carbocycles. The number of aliphatic hydroxyl groups is 1. The number of ether oxygens (including phenoxy) is 1. The van der Waals surface area contributed by atoms with Crippen LogP contribution in [0, 0.1) is 0 Å².